The molecule has 0 aliphatic heterocycles. The normalized spacial score (nSPS) is 11.1. The van der Waals surface area contributed by atoms with Crippen LogP contribution in [0.2, 0.25) is 5.02 Å². The lowest BCUT2D eigenvalue weighted by atomic mass is 9.97. The van der Waals surface area contributed by atoms with E-state index in [1.54, 1.807) is 19.2 Å². The molecule has 108 valence electrons. The average molecular weight is 303 g/mol. The van der Waals surface area contributed by atoms with Gasteiger partial charge in [-0.3, -0.25) is 0 Å². The fourth-order valence-corrected chi connectivity index (χ4v) is 2.04. The third-order valence-corrected chi connectivity index (χ3v) is 3.27. The van der Waals surface area contributed by atoms with E-state index in [1.807, 2.05) is 36.4 Å². The van der Waals surface area contributed by atoms with Gasteiger partial charge in [0, 0.05) is 11.1 Å². The zero-order valence-electron chi connectivity index (χ0n) is 11.8. The molecule has 4 heteroatoms. The van der Waals surface area contributed by atoms with Crippen LogP contribution in [-0.4, -0.2) is 20.2 Å². The summed E-state index contributed by atoms with van der Waals surface area (Å²) in [4.78, 5) is 11.6. The van der Waals surface area contributed by atoms with Crippen LogP contribution >= 0.6 is 11.6 Å². The zero-order chi connectivity index (χ0) is 15.2. The van der Waals surface area contributed by atoms with Crippen molar-refractivity contribution in [1.82, 2.24) is 0 Å². The number of benzene rings is 2. The number of hydrogen-bond donors (Lipinski definition) is 0. The van der Waals surface area contributed by atoms with Gasteiger partial charge in [0.15, 0.2) is 0 Å². The Hall–Kier alpha value is -2.26. The predicted molar refractivity (Wildman–Crippen MR) is 83.5 cm³/mol. The monoisotopic (exact) mass is 302 g/mol. The molecule has 3 nitrogen and oxygen atoms in total. The molecular formula is C17H15ClO3. The van der Waals surface area contributed by atoms with Crippen molar-refractivity contribution < 1.29 is 14.3 Å². The number of ether oxygens (including phenoxy) is 2. The zero-order valence-corrected chi connectivity index (χ0v) is 12.6. The maximum Gasteiger partial charge on any atom is 0.331 e. The van der Waals surface area contributed by atoms with Crippen LogP contribution in [0.4, 0.5) is 0 Å². The van der Waals surface area contributed by atoms with Gasteiger partial charge < -0.3 is 9.47 Å². The van der Waals surface area contributed by atoms with Gasteiger partial charge in [-0.15, -0.1) is 0 Å². The molecule has 0 unspecified atom stereocenters. The summed E-state index contributed by atoms with van der Waals surface area (Å²) in [5.74, 6) is 0.350. The van der Waals surface area contributed by atoms with Crippen LogP contribution in [0.15, 0.2) is 54.6 Å². The number of methoxy groups -OCH3 is 2. The van der Waals surface area contributed by atoms with Gasteiger partial charge in [-0.2, -0.15) is 0 Å². The van der Waals surface area contributed by atoms with Crippen LogP contribution in [0.5, 0.6) is 5.75 Å². The van der Waals surface area contributed by atoms with Crippen LogP contribution in [-0.2, 0) is 9.53 Å². The van der Waals surface area contributed by atoms with Crippen LogP contribution in [0.25, 0.3) is 5.57 Å². The van der Waals surface area contributed by atoms with E-state index in [0.29, 0.717) is 5.02 Å². The standard InChI is InChI=1S/C17H15ClO3/c1-20-15-9-5-13(6-10-15)16(11-17(19)21-2)12-3-7-14(18)8-4-12/h3-11H,1-2H3/b16-11-. The second-order valence-electron chi connectivity index (χ2n) is 4.32. The minimum absolute atomic E-state index is 0.407. The average Bonchev–Trinajstić information content (AvgIpc) is 2.53. The van der Waals surface area contributed by atoms with Crippen LogP contribution < -0.4 is 4.74 Å². The summed E-state index contributed by atoms with van der Waals surface area (Å²) < 4.78 is 9.87. The molecule has 2 aromatic rings. The third-order valence-electron chi connectivity index (χ3n) is 3.02. The van der Waals surface area contributed by atoms with Crippen LogP contribution in [0.1, 0.15) is 11.1 Å². The second-order valence-corrected chi connectivity index (χ2v) is 4.75. The molecule has 0 spiro atoms. The molecule has 0 N–H and O–H groups in total. The summed E-state index contributed by atoms with van der Waals surface area (Å²) in [6, 6.07) is 14.8. The molecule has 0 aliphatic rings. The van der Waals surface area contributed by atoms with E-state index in [9.17, 15) is 4.79 Å². The second kappa shape index (κ2) is 6.95. The minimum atomic E-state index is -0.407. The van der Waals surface area contributed by atoms with Gasteiger partial charge in [0.05, 0.1) is 14.2 Å². The molecular weight excluding hydrogens is 288 g/mol. The number of carbonyl (C=O) groups excluding carboxylic acids is 1. The predicted octanol–water partition coefficient (Wildman–Crippen LogP) is 3.95. The van der Waals surface area contributed by atoms with Crippen molar-refractivity contribution in [3.8, 4) is 5.75 Å². The third kappa shape index (κ3) is 3.86. The van der Waals surface area contributed by atoms with Gasteiger partial charge in [0.2, 0.25) is 0 Å². The van der Waals surface area contributed by atoms with E-state index < -0.39 is 5.97 Å². The van der Waals surface area contributed by atoms with E-state index >= 15 is 0 Å². The first-order chi connectivity index (χ1) is 10.1. The highest BCUT2D eigenvalue weighted by Crippen LogP contribution is 2.26. The van der Waals surface area contributed by atoms with Crippen molar-refractivity contribution in [3.05, 3.63) is 70.8 Å². The Bertz CT molecular complexity index is 643. The number of carbonyl (C=O) groups is 1. The van der Waals surface area contributed by atoms with Gasteiger partial charge in [0.25, 0.3) is 0 Å². The molecule has 0 saturated carbocycles. The van der Waals surface area contributed by atoms with E-state index in [0.717, 1.165) is 22.4 Å². The lowest BCUT2D eigenvalue weighted by Crippen LogP contribution is -1.98. The lowest BCUT2D eigenvalue weighted by molar-refractivity contribution is -0.134. The maximum absolute atomic E-state index is 11.6. The quantitative estimate of drug-likeness (QED) is 0.633. The van der Waals surface area contributed by atoms with Crippen molar-refractivity contribution in [3.63, 3.8) is 0 Å². The van der Waals surface area contributed by atoms with Crippen molar-refractivity contribution in [2.24, 2.45) is 0 Å². The maximum atomic E-state index is 11.6. The molecule has 0 atom stereocenters. The number of hydrogen-bond acceptors (Lipinski definition) is 3. The number of esters is 1. The molecule has 21 heavy (non-hydrogen) atoms. The summed E-state index contributed by atoms with van der Waals surface area (Å²) in [5.41, 5.74) is 2.54. The van der Waals surface area contributed by atoms with E-state index in [2.05, 4.69) is 0 Å². The first-order valence-electron chi connectivity index (χ1n) is 6.34. The van der Waals surface area contributed by atoms with Crippen LogP contribution in [0, 0.1) is 0 Å². The van der Waals surface area contributed by atoms with Gasteiger partial charge >= 0.3 is 5.97 Å². The highest BCUT2D eigenvalue weighted by molar-refractivity contribution is 6.30. The van der Waals surface area contributed by atoms with Crippen molar-refractivity contribution in [2.75, 3.05) is 14.2 Å². The number of rotatable bonds is 4. The Balaban J connectivity index is 2.47. The molecule has 0 saturated heterocycles. The molecule has 2 rings (SSSR count). The van der Waals surface area contributed by atoms with Crippen molar-refractivity contribution in [2.45, 2.75) is 0 Å². The van der Waals surface area contributed by atoms with Gasteiger partial charge in [-0.05, 0) is 41.0 Å². The molecule has 0 fully saturated rings. The Morgan fingerprint density at radius 3 is 1.95 bits per heavy atom. The first-order valence-corrected chi connectivity index (χ1v) is 6.72. The van der Waals surface area contributed by atoms with Crippen molar-refractivity contribution in [1.29, 1.82) is 0 Å². The highest BCUT2D eigenvalue weighted by Gasteiger charge is 2.08. The molecule has 0 amide bonds. The molecule has 0 heterocycles. The fraction of sp³-hybridized carbons (Fsp3) is 0.118. The molecule has 0 bridgehead atoms. The first kappa shape index (κ1) is 15.1. The molecule has 2 aromatic carbocycles. The van der Waals surface area contributed by atoms with E-state index in [1.165, 1.54) is 13.2 Å². The van der Waals surface area contributed by atoms with E-state index in [-0.39, 0.29) is 0 Å². The SMILES string of the molecule is COC(=O)/C=C(/c1ccc(Cl)cc1)c1ccc(OC)cc1. The van der Waals surface area contributed by atoms with Crippen molar-refractivity contribution >= 4 is 23.1 Å². The molecule has 0 radical (unpaired) electrons. The smallest absolute Gasteiger partial charge is 0.331 e. The van der Waals surface area contributed by atoms with Gasteiger partial charge in [-0.25, -0.2) is 4.79 Å². The highest BCUT2D eigenvalue weighted by atomic mass is 35.5. The Labute approximate surface area is 128 Å². The van der Waals surface area contributed by atoms with Gasteiger partial charge in [0.1, 0.15) is 5.75 Å². The summed E-state index contributed by atoms with van der Waals surface area (Å²) in [5, 5.41) is 0.644. The topological polar surface area (TPSA) is 35.5 Å². The lowest BCUT2D eigenvalue weighted by Gasteiger charge is -2.09. The Kier molecular flexibility index (Phi) is 5.01. The Morgan fingerprint density at radius 2 is 1.48 bits per heavy atom. The van der Waals surface area contributed by atoms with Crippen LogP contribution in [0.3, 0.4) is 0 Å². The Morgan fingerprint density at radius 1 is 0.952 bits per heavy atom. The molecule has 0 aromatic heterocycles. The van der Waals surface area contributed by atoms with E-state index in [4.69, 9.17) is 21.1 Å². The largest absolute Gasteiger partial charge is 0.497 e. The minimum Gasteiger partial charge on any atom is -0.497 e. The number of halogens is 1. The molecule has 0 aliphatic carbocycles. The summed E-state index contributed by atoms with van der Waals surface area (Å²) in [6.45, 7) is 0. The summed E-state index contributed by atoms with van der Waals surface area (Å²) >= 11 is 5.91. The van der Waals surface area contributed by atoms with Gasteiger partial charge in [-0.1, -0.05) is 35.9 Å². The summed E-state index contributed by atoms with van der Waals surface area (Å²) in [7, 11) is 2.96. The fourth-order valence-electron chi connectivity index (χ4n) is 1.91. The summed E-state index contributed by atoms with van der Waals surface area (Å²) in [6.07, 6.45) is 1.46.